The van der Waals surface area contributed by atoms with Crippen LogP contribution < -0.4 is 5.32 Å². The molecule has 0 aromatic rings. The first-order chi connectivity index (χ1) is 9.88. The van der Waals surface area contributed by atoms with E-state index in [4.69, 9.17) is 0 Å². The van der Waals surface area contributed by atoms with Gasteiger partial charge in [-0.2, -0.15) is 0 Å². The zero-order valence-corrected chi connectivity index (χ0v) is 13.8. The zero-order valence-electron chi connectivity index (χ0n) is 13.8. The second-order valence-corrected chi connectivity index (χ2v) is 6.41. The molecule has 0 aromatic heterocycles. The van der Waals surface area contributed by atoms with E-state index in [1.165, 1.54) is 0 Å². The molecule has 2 N–H and O–H groups in total. The van der Waals surface area contributed by atoms with Crippen molar-refractivity contribution in [2.45, 2.75) is 64.5 Å². The van der Waals surface area contributed by atoms with Gasteiger partial charge in [0, 0.05) is 26.6 Å². The standard InChI is InChI=1S/C16H30N2O3/c1-5-11(6-2)7-8-13-12(10-15(19)18(3)4)9-14(17-13)16(20)21/h11-14,17H,5-10H2,1-4H3,(H,20,21)/t12-,13?,14+/m0/s1. The average molecular weight is 298 g/mol. The molecule has 5 nitrogen and oxygen atoms in total. The molecule has 1 unspecified atom stereocenters. The number of carbonyl (C=O) groups is 2. The first-order valence-corrected chi connectivity index (χ1v) is 8.07. The predicted octanol–water partition coefficient (Wildman–Crippen LogP) is 2.11. The van der Waals surface area contributed by atoms with Gasteiger partial charge in [0.15, 0.2) is 0 Å². The number of nitrogens with one attached hydrogen (secondary N) is 1. The summed E-state index contributed by atoms with van der Waals surface area (Å²) in [5.41, 5.74) is 0. The van der Waals surface area contributed by atoms with E-state index in [1.54, 1.807) is 19.0 Å². The van der Waals surface area contributed by atoms with Crippen molar-refractivity contribution in [3.8, 4) is 0 Å². The summed E-state index contributed by atoms with van der Waals surface area (Å²) in [7, 11) is 3.50. The minimum atomic E-state index is -0.803. The van der Waals surface area contributed by atoms with Gasteiger partial charge in [0.25, 0.3) is 0 Å². The predicted molar refractivity (Wildman–Crippen MR) is 83.1 cm³/mol. The summed E-state index contributed by atoms with van der Waals surface area (Å²) in [4.78, 5) is 24.7. The Bertz CT molecular complexity index is 353. The lowest BCUT2D eigenvalue weighted by Gasteiger charge is -2.22. The molecule has 1 aliphatic heterocycles. The van der Waals surface area contributed by atoms with Gasteiger partial charge < -0.3 is 15.3 Å². The van der Waals surface area contributed by atoms with Gasteiger partial charge in [-0.1, -0.05) is 26.7 Å². The van der Waals surface area contributed by atoms with Crippen LogP contribution in [-0.4, -0.2) is 48.1 Å². The van der Waals surface area contributed by atoms with Crippen LogP contribution in [0.1, 0.15) is 52.4 Å². The van der Waals surface area contributed by atoms with E-state index in [9.17, 15) is 14.7 Å². The molecule has 5 heteroatoms. The number of rotatable bonds is 8. The summed E-state index contributed by atoms with van der Waals surface area (Å²) in [5.74, 6) is 0.110. The maximum absolute atomic E-state index is 11.9. The van der Waals surface area contributed by atoms with Gasteiger partial charge in [-0.3, -0.25) is 9.59 Å². The Balaban J connectivity index is 2.62. The summed E-state index contributed by atoms with van der Waals surface area (Å²) in [6.45, 7) is 4.40. The SMILES string of the molecule is CCC(CC)CCC1N[C@@H](C(=O)O)C[C@H]1CC(=O)N(C)C. The van der Waals surface area contributed by atoms with Crippen molar-refractivity contribution in [2.75, 3.05) is 14.1 Å². The van der Waals surface area contributed by atoms with Crippen molar-refractivity contribution in [2.24, 2.45) is 11.8 Å². The normalized spacial score (nSPS) is 25.3. The van der Waals surface area contributed by atoms with Crippen LogP contribution in [0.4, 0.5) is 0 Å². The molecule has 3 atom stereocenters. The molecule has 0 aliphatic carbocycles. The summed E-state index contributed by atoms with van der Waals surface area (Å²) in [6.07, 6.45) is 5.38. The van der Waals surface area contributed by atoms with Gasteiger partial charge in [-0.05, 0) is 31.1 Å². The van der Waals surface area contributed by atoms with Crippen LogP contribution in [-0.2, 0) is 9.59 Å². The molecule has 1 saturated heterocycles. The highest BCUT2D eigenvalue weighted by Crippen LogP contribution is 2.29. The van der Waals surface area contributed by atoms with Gasteiger partial charge in [0.1, 0.15) is 6.04 Å². The number of carbonyl (C=O) groups excluding carboxylic acids is 1. The van der Waals surface area contributed by atoms with Crippen LogP contribution >= 0.6 is 0 Å². The Morgan fingerprint density at radius 3 is 2.38 bits per heavy atom. The van der Waals surface area contributed by atoms with Crippen molar-refractivity contribution in [3.63, 3.8) is 0 Å². The molecule has 1 rings (SSSR count). The summed E-state index contributed by atoms with van der Waals surface area (Å²) in [5, 5.41) is 12.4. The number of nitrogens with zero attached hydrogens (tertiary/aromatic N) is 1. The minimum Gasteiger partial charge on any atom is -0.480 e. The molecule has 1 aliphatic rings. The molecule has 0 bridgehead atoms. The Morgan fingerprint density at radius 2 is 1.90 bits per heavy atom. The third-order valence-corrected chi connectivity index (χ3v) is 4.80. The number of amides is 1. The second kappa shape index (κ2) is 8.37. The molecular weight excluding hydrogens is 268 g/mol. The highest BCUT2D eigenvalue weighted by molar-refractivity contribution is 5.77. The molecular formula is C16H30N2O3. The van der Waals surface area contributed by atoms with Gasteiger partial charge in [0.2, 0.25) is 5.91 Å². The summed E-state index contributed by atoms with van der Waals surface area (Å²) in [6, 6.07) is -0.354. The monoisotopic (exact) mass is 298 g/mol. The Morgan fingerprint density at radius 1 is 1.29 bits per heavy atom. The van der Waals surface area contributed by atoms with Crippen LogP contribution in [0, 0.1) is 11.8 Å². The Labute approximate surface area is 128 Å². The lowest BCUT2D eigenvalue weighted by molar-refractivity contribution is -0.139. The van der Waals surface area contributed by atoms with Crippen molar-refractivity contribution >= 4 is 11.9 Å². The molecule has 1 fully saturated rings. The van der Waals surface area contributed by atoms with E-state index in [0.29, 0.717) is 18.8 Å². The third kappa shape index (κ3) is 5.30. The van der Waals surface area contributed by atoms with Crippen LogP contribution in [0.2, 0.25) is 0 Å². The maximum atomic E-state index is 11.9. The van der Waals surface area contributed by atoms with Crippen molar-refractivity contribution in [1.82, 2.24) is 10.2 Å². The van der Waals surface area contributed by atoms with E-state index < -0.39 is 12.0 Å². The molecule has 1 heterocycles. The summed E-state index contributed by atoms with van der Waals surface area (Å²) < 4.78 is 0. The number of carboxylic acids is 1. The number of hydrogen-bond acceptors (Lipinski definition) is 3. The largest absolute Gasteiger partial charge is 0.480 e. The minimum absolute atomic E-state index is 0.0837. The van der Waals surface area contributed by atoms with E-state index in [1.807, 2.05) is 0 Å². The van der Waals surface area contributed by atoms with E-state index >= 15 is 0 Å². The lowest BCUT2D eigenvalue weighted by atomic mass is 9.88. The van der Waals surface area contributed by atoms with Crippen LogP contribution in [0.15, 0.2) is 0 Å². The van der Waals surface area contributed by atoms with Gasteiger partial charge in [-0.15, -0.1) is 0 Å². The van der Waals surface area contributed by atoms with E-state index in [2.05, 4.69) is 19.2 Å². The molecule has 21 heavy (non-hydrogen) atoms. The van der Waals surface area contributed by atoms with Gasteiger partial charge in [-0.25, -0.2) is 0 Å². The zero-order chi connectivity index (χ0) is 16.0. The number of aliphatic carboxylic acids is 1. The molecule has 0 spiro atoms. The quantitative estimate of drug-likeness (QED) is 0.720. The lowest BCUT2D eigenvalue weighted by Crippen LogP contribution is -2.37. The summed E-state index contributed by atoms with van der Waals surface area (Å²) >= 11 is 0. The van der Waals surface area contributed by atoms with Crippen LogP contribution in [0.5, 0.6) is 0 Å². The first-order valence-electron chi connectivity index (χ1n) is 8.07. The number of hydrogen-bond donors (Lipinski definition) is 2. The van der Waals surface area contributed by atoms with E-state index in [-0.39, 0.29) is 17.9 Å². The van der Waals surface area contributed by atoms with Crippen molar-refractivity contribution in [3.05, 3.63) is 0 Å². The highest BCUT2D eigenvalue weighted by atomic mass is 16.4. The van der Waals surface area contributed by atoms with Crippen LogP contribution in [0.3, 0.4) is 0 Å². The second-order valence-electron chi connectivity index (χ2n) is 6.41. The number of carboxylic acid groups (broad SMARTS) is 1. The fourth-order valence-electron chi connectivity index (χ4n) is 3.17. The van der Waals surface area contributed by atoms with Crippen LogP contribution in [0.25, 0.3) is 0 Å². The third-order valence-electron chi connectivity index (χ3n) is 4.80. The van der Waals surface area contributed by atoms with Gasteiger partial charge in [0.05, 0.1) is 0 Å². The molecule has 0 radical (unpaired) electrons. The topological polar surface area (TPSA) is 69.6 Å². The van der Waals surface area contributed by atoms with E-state index in [0.717, 1.165) is 25.7 Å². The van der Waals surface area contributed by atoms with Crippen molar-refractivity contribution < 1.29 is 14.7 Å². The van der Waals surface area contributed by atoms with Gasteiger partial charge >= 0.3 is 5.97 Å². The molecule has 0 saturated carbocycles. The Hall–Kier alpha value is -1.10. The highest BCUT2D eigenvalue weighted by Gasteiger charge is 2.38. The Kier molecular flexibility index (Phi) is 7.15. The smallest absolute Gasteiger partial charge is 0.320 e. The fraction of sp³-hybridized carbons (Fsp3) is 0.875. The maximum Gasteiger partial charge on any atom is 0.320 e. The van der Waals surface area contributed by atoms with Crippen molar-refractivity contribution in [1.29, 1.82) is 0 Å². The molecule has 122 valence electrons. The molecule has 1 amide bonds. The first kappa shape index (κ1) is 18.0. The average Bonchev–Trinajstić information content (AvgIpc) is 2.83. The molecule has 0 aromatic carbocycles. The fourth-order valence-corrected chi connectivity index (χ4v) is 3.17.